The summed E-state index contributed by atoms with van der Waals surface area (Å²) in [5.74, 6) is 0.759. The van der Waals surface area contributed by atoms with Crippen LogP contribution in [0.25, 0.3) is 10.9 Å². The van der Waals surface area contributed by atoms with E-state index in [9.17, 15) is 18.0 Å². The minimum atomic E-state index is -2.88. The summed E-state index contributed by atoms with van der Waals surface area (Å²) in [5.41, 5.74) is 0.114. The highest BCUT2D eigenvalue weighted by Crippen LogP contribution is 2.28. The van der Waals surface area contributed by atoms with Crippen molar-refractivity contribution in [1.82, 2.24) is 20.3 Å². The molecule has 1 aliphatic rings. The molecule has 1 aromatic carbocycles. The number of halogens is 3. The molecule has 1 atom stereocenters. The highest BCUT2D eigenvalue weighted by Gasteiger charge is 2.23. The number of nitrogens with one attached hydrogen (secondary N) is 2. The van der Waals surface area contributed by atoms with Gasteiger partial charge in [-0.2, -0.15) is 0 Å². The fourth-order valence-corrected chi connectivity index (χ4v) is 3.73. The summed E-state index contributed by atoms with van der Waals surface area (Å²) < 4.78 is 40.4. The summed E-state index contributed by atoms with van der Waals surface area (Å²) in [5, 5.41) is 6.53. The van der Waals surface area contributed by atoms with Gasteiger partial charge in [0.1, 0.15) is 23.3 Å². The molecule has 1 saturated heterocycles. The zero-order valence-corrected chi connectivity index (χ0v) is 16.8. The highest BCUT2D eigenvalue weighted by molar-refractivity contribution is 5.90. The van der Waals surface area contributed by atoms with Crippen molar-refractivity contribution < 1.29 is 18.0 Å². The van der Waals surface area contributed by atoms with Gasteiger partial charge in [-0.3, -0.25) is 4.79 Å². The lowest BCUT2D eigenvalue weighted by molar-refractivity contribution is -0.110. The van der Waals surface area contributed by atoms with Crippen LogP contribution in [0.5, 0.6) is 0 Å². The van der Waals surface area contributed by atoms with Gasteiger partial charge in [0.15, 0.2) is 0 Å². The zero-order valence-electron chi connectivity index (χ0n) is 16.8. The molecule has 0 bridgehead atoms. The van der Waals surface area contributed by atoms with Crippen molar-refractivity contribution in [3.63, 3.8) is 0 Å². The van der Waals surface area contributed by atoms with Crippen LogP contribution in [0.1, 0.15) is 29.8 Å². The van der Waals surface area contributed by atoms with Gasteiger partial charge in [0, 0.05) is 36.6 Å². The fraction of sp³-hybridized carbons (Fsp3) is 0.333. The van der Waals surface area contributed by atoms with Crippen molar-refractivity contribution in [2.75, 3.05) is 23.3 Å². The number of pyridine rings is 1. The number of hydrogen-bond donors (Lipinski definition) is 2. The number of carbonyl (C=O) groups excluding carboxylic acids is 1. The van der Waals surface area contributed by atoms with E-state index in [0.717, 1.165) is 19.0 Å². The number of anilines is 2. The number of aryl methyl sites for hydroxylation is 1. The van der Waals surface area contributed by atoms with Gasteiger partial charge in [0.25, 0.3) is 6.43 Å². The number of nitrogens with zero attached hydrogens (tertiary/aromatic N) is 4. The molecule has 31 heavy (non-hydrogen) atoms. The van der Waals surface area contributed by atoms with E-state index < -0.39 is 17.8 Å². The minimum Gasteiger partial charge on any atom is -0.365 e. The van der Waals surface area contributed by atoms with Crippen molar-refractivity contribution >= 4 is 28.9 Å². The Kier molecular flexibility index (Phi) is 5.88. The van der Waals surface area contributed by atoms with Crippen LogP contribution < -0.4 is 15.5 Å². The third-order valence-electron chi connectivity index (χ3n) is 5.29. The number of hydrogen-bond acceptors (Lipinski definition) is 6. The molecular formula is C21H21F3N6O. The maximum absolute atomic E-state index is 14.4. The molecule has 3 aromatic rings. The number of carbonyl (C=O) groups is 1. The Morgan fingerprint density at radius 3 is 2.94 bits per heavy atom. The van der Waals surface area contributed by atoms with Crippen LogP contribution in [0.15, 0.2) is 30.5 Å². The van der Waals surface area contributed by atoms with Crippen LogP contribution in [0.2, 0.25) is 0 Å². The van der Waals surface area contributed by atoms with Crippen molar-refractivity contribution in [1.29, 1.82) is 0 Å². The van der Waals surface area contributed by atoms with E-state index in [-0.39, 0.29) is 18.2 Å². The van der Waals surface area contributed by atoms with Crippen LogP contribution in [-0.4, -0.2) is 40.5 Å². The van der Waals surface area contributed by atoms with E-state index in [1.54, 1.807) is 13.1 Å². The third-order valence-corrected chi connectivity index (χ3v) is 5.29. The smallest absolute Gasteiger partial charge is 0.266 e. The van der Waals surface area contributed by atoms with Gasteiger partial charge in [0.2, 0.25) is 6.41 Å². The molecule has 162 valence electrons. The molecule has 3 heterocycles. The first-order valence-corrected chi connectivity index (χ1v) is 9.84. The summed E-state index contributed by atoms with van der Waals surface area (Å²) >= 11 is 0. The lowest BCUT2D eigenvalue weighted by atomic mass is 10.1. The lowest BCUT2D eigenvalue weighted by Crippen LogP contribution is -2.31. The second-order valence-corrected chi connectivity index (χ2v) is 7.37. The third kappa shape index (κ3) is 4.37. The average molecular weight is 430 g/mol. The molecule has 1 amide bonds. The largest absolute Gasteiger partial charge is 0.365 e. The number of rotatable bonds is 7. The van der Waals surface area contributed by atoms with Gasteiger partial charge in [-0.1, -0.05) is 18.2 Å². The van der Waals surface area contributed by atoms with E-state index in [0.29, 0.717) is 41.3 Å². The molecular weight excluding hydrogens is 409 g/mol. The topological polar surface area (TPSA) is 83.0 Å². The van der Waals surface area contributed by atoms with Crippen molar-refractivity contribution in [2.24, 2.45) is 0 Å². The maximum Gasteiger partial charge on any atom is 0.266 e. The monoisotopic (exact) mass is 430 g/mol. The SMILES string of the molecule is Cc1nc(NCc2cccc(C(F)F)c2F)c2cc(N3CC[C@@H](NC=O)C3)ncc2n1. The second-order valence-electron chi connectivity index (χ2n) is 7.37. The summed E-state index contributed by atoms with van der Waals surface area (Å²) in [4.78, 5) is 26.0. The Hall–Kier alpha value is -3.43. The molecule has 0 saturated carbocycles. The van der Waals surface area contributed by atoms with Crippen molar-refractivity contribution in [3.05, 3.63) is 53.2 Å². The first-order chi connectivity index (χ1) is 15.0. The maximum atomic E-state index is 14.4. The molecule has 1 aliphatic heterocycles. The van der Waals surface area contributed by atoms with Gasteiger partial charge >= 0.3 is 0 Å². The van der Waals surface area contributed by atoms with Crippen LogP contribution >= 0.6 is 0 Å². The van der Waals surface area contributed by atoms with Gasteiger partial charge < -0.3 is 15.5 Å². The lowest BCUT2D eigenvalue weighted by Gasteiger charge is -2.18. The van der Waals surface area contributed by atoms with Crippen LogP contribution in [0.3, 0.4) is 0 Å². The molecule has 4 rings (SSSR count). The molecule has 2 aromatic heterocycles. The van der Waals surface area contributed by atoms with Gasteiger partial charge in [-0.25, -0.2) is 28.1 Å². The summed E-state index contributed by atoms with van der Waals surface area (Å²) in [6, 6.07) is 5.85. The van der Waals surface area contributed by atoms with Crippen LogP contribution in [-0.2, 0) is 11.3 Å². The molecule has 1 fully saturated rings. The van der Waals surface area contributed by atoms with E-state index in [1.165, 1.54) is 12.1 Å². The standard InChI is InChI=1S/C21H21F3N6O/c1-12-28-17-9-25-18(30-6-5-14(10-30)27-11-31)7-16(17)21(29-12)26-8-13-3-2-4-15(19(13)22)20(23)24/h2-4,7,9,11,14,20H,5-6,8,10H2,1H3,(H,27,31)(H,26,28,29)/t14-/m1/s1. The second kappa shape index (κ2) is 8.75. The Balaban J connectivity index is 1.62. The highest BCUT2D eigenvalue weighted by atomic mass is 19.3. The minimum absolute atomic E-state index is 0.00928. The van der Waals surface area contributed by atoms with Gasteiger partial charge in [-0.05, 0) is 19.4 Å². The van der Waals surface area contributed by atoms with Crippen molar-refractivity contribution in [3.8, 4) is 0 Å². The number of fused-ring (bicyclic) bond motifs is 1. The van der Waals surface area contributed by atoms with Gasteiger partial charge in [0.05, 0.1) is 17.3 Å². The predicted molar refractivity (Wildman–Crippen MR) is 111 cm³/mol. The number of benzene rings is 1. The van der Waals surface area contributed by atoms with E-state index in [4.69, 9.17) is 0 Å². The number of aromatic nitrogens is 3. The summed E-state index contributed by atoms with van der Waals surface area (Å²) in [7, 11) is 0. The average Bonchev–Trinajstić information content (AvgIpc) is 3.21. The van der Waals surface area contributed by atoms with E-state index in [2.05, 4.69) is 30.5 Å². The van der Waals surface area contributed by atoms with E-state index in [1.807, 2.05) is 6.07 Å². The van der Waals surface area contributed by atoms with Gasteiger partial charge in [-0.15, -0.1) is 0 Å². The zero-order chi connectivity index (χ0) is 22.0. The Labute approximate surface area is 176 Å². The summed E-state index contributed by atoms with van der Waals surface area (Å²) in [6.07, 6.45) is 0.271. The molecule has 0 aliphatic carbocycles. The van der Waals surface area contributed by atoms with Crippen LogP contribution in [0, 0.1) is 12.7 Å². The number of alkyl halides is 2. The molecule has 7 nitrogen and oxygen atoms in total. The quantitative estimate of drug-likeness (QED) is 0.560. The Morgan fingerprint density at radius 1 is 1.32 bits per heavy atom. The Bertz CT molecular complexity index is 1110. The summed E-state index contributed by atoms with van der Waals surface area (Å²) in [6.45, 7) is 3.10. The first kappa shape index (κ1) is 20.8. The first-order valence-electron chi connectivity index (χ1n) is 9.84. The molecule has 2 N–H and O–H groups in total. The number of amides is 1. The molecule has 10 heteroatoms. The normalized spacial score (nSPS) is 16.2. The fourth-order valence-electron chi connectivity index (χ4n) is 3.73. The Morgan fingerprint density at radius 2 is 2.16 bits per heavy atom. The molecule has 0 spiro atoms. The van der Waals surface area contributed by atoms with Crippen molar-refractivity contribution in [2.45, 2.75) is 32.4 Å². The van der Waals surface area contributed by atoms with Crippen LogP contribution in [0.4, 0.5) is 24.8 Å². The molecule has 0 unspecified atom stereocenters. The predicted octanol–water partition coefficient (Wildman–Crippen LogP) is 3.35. The molecule has 0 radical (unpaired) electrons. The van der Waals surface area contributed by atoms with E-state index >= 15 is 0 Å².